The van der Waals surface area contributed by atoms with Crippen molar-refractivity contribution < 1.29 is 14.3 Å². The molecule has 1 saturated heterocycles. The Hall–Kier alpha value is -3.12. The number of likely N-dealkylation sites (tertiary alicyclic amines) is 1. The Balaban J connectivity index is 1.51. The van der Waals surface area contributed by atoms with Crippen molar-refractivity contribution >= 4 is 12.0 Å². The number of nitrogens with zero attached hydrogens (tertiary/aromatic N) is 1. The number of aryl methyl sites for hydroxylation is 1. The van der Waals surface area contributed by atoms with Gasteiger partial charge in [-0.25, -0.2) is 9.59 Å². The fourth-order valence-corrected chi connectivity index (χ4v) is 4.91. The van der Waals surface area contributed by atoms with Gasteiger partial charge in [0.15, 0.2) is 0 Å². The third-order valence-corrected chi connectivity index (χ3v) is 6.83. The summed E-state index contributed by atoms with van der Waals surface area (Å²) >= 11 is 0. The Morgan fingerprint density at radius 1 is 1.00 bits per heavy atom. The molecule has 0 aliphatic carbocycles. The highest BCUT2D eigenvalue weighted by Crippen LogP contribution is 2.29. The van der Waals surface area contributed by atoms with Crippen LogP contribution >= 0.6 is 0 Å². The molecule has 1 unspecified atom stereocenters. The molecule has 0 saturated carbocycles. The Bertz CT molecular complexity index is 1010. The molecule has 34 heavy (non-hydrogen) atoms. The summed E-state index contributed by atoms with van der Waals surface area (Å²) in [4.78, 5) is 27.9. The van der Waals surface area contributed by atoms with Crippen molar-refractivity contribution in [3.8, 4) is 0 Å². The average molecular weight is 462 g/mol. The van der Waals surface area contributed by atoms with Crippen molar-refractivity contribution in [1.82, 2.24) is 15.5 Å². The third kappa shape index (κ3) is 5.86. The highest BCUT2D eigenvalue weighted by Gasteiger charge is 2.34. The molecule has 1 atom stereocenters. The minimum atomic E-state index is -0.524. The minimum Gasteiger partial charge on any atom is -0.463 e. The van der Waals surface area contributed by atoms with Gasteiger partial charge < -0.3 is 15.4 Å². The zero-order valence-corrected chi connectivity index (χ0v) is 20.2. The van der Waals surface area contributed by atoms with Crippen LogP contribution in [0.4, 0.5) is 4.79 Å². The number of benzene rings is 2. The van der Waals surface area contributed by atoms with Gasteiger partial charge in [-0.2, -0.15) is 0 Å². The standard InChI is InChI=1S/C28H35N3O3/c1-3-20-10-12-23(13-11-20)26-25(27(32)34-4-2)24(29-28(33)30-26)19-31-16-14-22(15-17-31)18-21-8-6-5-7-9-21/h5-13,22,26H,3-4,14-19H2,1-2H3,(H2,29,30,33). The maximum Gasteiger partial charge on any atom is 0.338 e. The number of hydrogen-bond donors (Lipinski definition) is 2. The van der Waals surface area contributed by atoms with Crippen LogP contribution in [-0.2, 0) is 22.4 Å². The second-order valence-corrected chi connectivity index (χ2v) is 9.15. The summed E-state index contributed by atoms with van der Waals surface area (Å²) in [5, 5.41) is 5.85. The van der Waals surface area contributed by atoms with Crippen LogP contribution in [0.15, 0.2) is 65.9 Å². The molecule has 0 bridgehead atoms. The Morgan fingerprint density at radius 3 is 2.35 bits per heavy atom. The van der Waals surface area contributed by atoms with E-state index in [0.29, 0.717) is 23.7 Å². The number of piperidine rings is 1. The lowest BCUT2D eigenvalue weighted by atomic mass is 9.89. The van der Waals surface area contributed by atoms with Crippen LogP contribution in [0.25, 0.3) is 0 Å². The van der Waals surface area contributed by atoms with Gasteiger partial charge in [-0.05, 0) is 68.3 Å². The molecule has 4 rings (SSSR count). The number of nitrogens with one attached hydrogen (secondary N) is 2. The maximum atomic E-state index is 13.0. The number of amides is 2. The summed E-state index contributed by atoms with van der Waals surface area (Å²) < 4.78 is 5.41. The molecule has 2 aliphatic heterocycles. The lowest BCUT2D eigenvalue weighted by Gasteiger charge is -2.35. The van der Waals surface area contributed by atoms with Crippen molar-refractivity contribution in [1.29, 1.82) is 0 Å². The first-order valence-electron chi connectivity index (χ1n) is 12.4. The number of rotatable bonds is 8. The summed E-state index contributed by atoms with van der Waals surface area (Å²) in [5.74, 6) is 0.276. The molecular weight excluding hydrogens is 426 g/mol. The van der Waals surface area contributed by atoms with E-state index in [9.17, 15) is 9.59 Å². The number of hydrogen-bond acceptors (Lipinski definition) is 4. The van der Waals surface area contributed by atoms with Crippen LogP contribution in [0.2, 0.25) is 0 Å². The van der Waals surface area contributed by atoms with E-state index in [1.807, 2.05) is 24.3 Å². The van der Waals surface area contributed by atoms with Crippen LogP contribution in [-0.4, -0.2) is 43.1 Å². The summed E-state index contributed by atoms with van der Waals surface area (Å²) in [6.45, 7) is 6.60. The van der Waals surface area contributed by atoms with Gasteiger partial charge >= 0.3 is 12.0 Å². The Labute approximate surface area is 202 Å². The van der Waals surface area contributed by atoms with Gasteiger partial charge in [0.05, 0.1) is 18.2 Å². The molecular formula is C28H35N3O3. The summed E-state index contributed by atoms with van der Waals surface area (Å²) in [6, 6.07) is 17.9. The molecule has 2 heterocycles. The van der Waals surface area contributed by atoms with Gasteiger partial charge in [-0.3, -0.25) is 4.90 Å². The maximum absolute atomic E-state index is 13.0. The minimum absolute atomic E-state index is 0.286. The monoisotopic (exact) mass is 461 g/mol. The lowest BCUT2D eigenvalue weighted by Crippen LogP contribution is -2.49. The number of carbonyl (C=O) groups is 2. The SMILES string of the molecule is CCOC(=O)C1=C(CN2CCC(Cc3ccccc3)CC2)NC(=O)NC1c1ccc(CC)cc1. The molecule has 0 aromatic heterocycles. The van der Waals surface area contributed by atoms with Crippen LogP contribution in [0.1, 0.15) is 49.4 Å². The van der Waals surface area contributed by atoms with E-state index in [1.165, 1.54) is 11.1 Å². The summed E-state index contributed by atoms with van der Waals surface area (Å²) in [5.41, 5.74) is 4.62. The van der Waals surface area contributed by atoms with Crippen molar-refractivity contribution in [2.24, 2.45) is 5.92 Å². The number of esters is 1. The quantitative estimate of drug-likeness (QED) is 0.573. The van der Waals surface area contributed by atoms with E-state index >= 15 is 0 Å². The second-order valence-electron chi connectivity index (χ2n) is 9.15. The van der Waals surface area contributed by atoms with E-state index in [4.69, 9.17) is 4.74 Å². The summed E-state index contributed by atoms with van der Waals surface area (Å²) in [6.07, 6.45) is 4.24. The smallest absolute Gasteiger partial charge is 0.338 e. The van der Waals surface area contributed by atoms with E-state index in [1.54, 1.807) is 6.92 Å². The molecule has 2 aromatic rings. The van der Waals surface area contributed by atoms with Gasteiger partial charge in [0.2, 0.25) is 0 Å². The summed E-state index contributed by atoms with van der Waals surface area (Å²) in [7, 11) is 0. The van der Waals surface area contributed by atoms with Crippen molar-refractivity contribution in [2.45, 2.75) is 45.6 Å². The molecule has 0 radical (unpaired) electrons. The first-order chi connectivity index (χ1) is 16.6. The Kier molecular flexibility index (Phi) is 8.01. The fraction of sp³-hybridized carbons (Fsp3) is 0.429. The normalized spacial score (nSPS) is 19.5. The van der Waals surface area contributed by atoms with Crippen LogP contribution in [0.5, 0.6) is 0 Å². The van der Waals surface area contributed by atoms with Crippen molar-refractivity contribution in [2.75, 3.05) is 26.2 Å². The van der Waals surface area contributed by atoms with E-state index in [-0.39, 0.29) is 18.6 Å². The number of urea groups is 1. The van der Waals surface area contributed by atoms with E-state index in [0.717, 1.165) is 44.3 Å². The first kappa shape index (κ1) is 24.0. The van der Waals surface area contributed by atoms with Gasteiger partial charge in [0, 0.05) is 12.2 Å². The fourth-order valence-electron chi connectivity index (χ4n) is 4.91. The average Bonchev–Trinajstić information content (AvgIpc) is 2.86. The predicted octanol–water partition coefficient (Wildman–Crippen LogP) is 4.37. The van der Waals surface area contributed by atoms with Crippen LogP contribution in [0.3, 0.4) is 0 Å². The molecule has 1 fully saturated rings. The number of carbonyl (C=O) groups excluding carboxylic acids is 2. The highest BCUT2D eigenvalue weighted by atomic mass is 16.5. The zero-order chi connectivity index (χ0) is 23.9. The zero-order valence-electron chi connectivity index (χ0n) is 20.2. The van der Waals surface area contributed by atoms with Gasteiger partial charge in [-0.1, -0.05) is 61.5 Å². The van der Waals surface area contributed by atoms with E-state index in [2.05, 4.69) is 52.8 Å². The molecule has 180 valence electrons. The molecule has 2 aromatic carbocycles. The van der Waals surface area contributed by atoms with Crippen LogP contribution < -0.4 is 10.6 Å². The molecule has 6 heteroatoms. The first-order valence-corrected chi connectivity index (χ1v) is 12.4. The van der Waals surface area contributed by atoms with Gasteiger partial charge in [0.1, 0.15) is 0 Å². The molecule has 2 amide bonds. The highest BCUT2D eigenvalue weighted by molar-refractivity contribution is 5.95. The molecule has 0 spiro atoms. The van der Waals surface area contributed by atoms with Gasteiger partial charge in [-0.15, -0.1) is 0 Å². The van der Waals surface area contributed by atoms with E-state index < -0.39 is 6.04 Å². The van der Waals surface area contributed by atoms with Gasteiger partial charge in [0.25, 0.3) is 0 Å². The number of ether oxygens (including phenoxy) is 1. The Morgan fingerprint density at radius 2 is 1.71 bits per heavy atom. The predicted molar refractivity (Wildman–Crippen MR) is 133 cm³/mol. The van der Waals surface area contributed by atoms with Crippen molar-refractivity contribution in [3.63, 3.8) is 0 Å². The molecule has 2 aliphatic rings. The molecule has 6 nitrogen and oxygen atoms in total. The van der Waals surface area contributed by atoms with Crippen LogP contribution in [0, 0.1) is 5.92 Å². The second kappa shape index (κ2) is 11.3. The molecule has 2 N–H and O–H groups in total. The third-order valence-electron chi connectivity index (χ3n) is 6.83. The topological polar surface area (TPSA) is 70.7 Å². The lowest BCUT2D eigenvalue weighted by molar-refractivity contribution is -0.139. The largest absolute Gasteiger partial charge is 0.463 e. The van der Waals surface area contributed by atoms with Crippen molar-refractivity contribution in [3.05, 3.63) is 82.6 Å².